The number of likely N-dealkylation sites (N-methyl/N-ethyl adjacent to an activating group) is 1. The average molecular weight is 1090 g/mol. The molecule has 2 N–H and O–H groups in total. The third kappa shape index (κ3) is 60.4. The fourth-order valence-corrected chi connectivity index (χ4v) is 10.8. The van der Waals surface area contributed by atoms with Crippen molar-refractivity contribution >= 4 is 13.7 Å². The summed E-state index contributed by atoms with van der Waals surface area (Å²) in [5.41, 5.74) is 0. The summed E-state index contributed by atoms with van der Waals surface area (Å²) >= 11 is 0. The summed E-state index contributed by atoms with van der Waals surface area (Å²) in [4.78, 5) is 25.5. The van der Waals surface area contributed by atoms with Crippen LogP contribution in [0.1, 0.15) is 335 Å². The summed E-state index contributed by atoms with van der Waals surface area (Å²) in [6, 6.07) is -0.902. The van der Waals surface area contributed by atoms with E-state index in [-0.39, 0.29) is 19.1 Å². The Morgan fingerprint density at radius 3 is 1.07 bits per heavy atom. The van der Waals surface area contributed by atoms with E-state index in [1.807, 2.05) is 27.2 Å². The number of hydrogen-bond acceptors (Lipinski definition) is 6. The Balaban J connectivity index is 3.95. The zero-order chi connectivity index (χ0) is 55.6. The van der Waals surface area contributed by atoms with Gasteiger partial charge >= 0.3 is 0 Å². The van der Waals surface area contributed by atoms with Crippen LogP contribution < -0.4 is 10.2 Å². The van der Waals surface area contributed by atoms with E-state index in [0.717, 1.165) is 38.5 Å². The van der Waals surface area contributed by atoms with E-state index in [4.69, 9.17) is 9.05 Å². The highest BCUT2D eigenvalue weighted by Crippen LogP contribution is 2.38. The number of nitrogens with zero attached hydrogens (tertiary/aromatic N) is 1. The second-order valence-corrected chi connectivity index (χ2v) is 25.6. The van der Waals surface area contributed by atoms with Crippen molar-refractivity contribution in [3.05, 3.63) is 36.5 Å². The van der Waals surface area contributed by atoms with Crippen molar-refractivity contribution in [2.75, 3.05) is 40.9 Å². The van der Waals surface area contributed by atoms with Gasteiger partial charge in [0, 0.05) is 6.42 Å². The fraction of sp³-hybridized carbons (Fsp3) is 0.896. The molecule has 0 aromatic carbocycles. The number of unbranched alkanes of at least 4 members (excludes halogenated alkanes) is 45. The first kappa shape index (κ1) is 74.7. The smallest absolute Gasteiger partial charge is 0.268 e. The van der Waals surface area contributed by atoms with Crippen LogP contribution in [0.15, 0.2) is 36.5 Å². The van der Waals surface area contributed by atoms with Gasteiger partial charge in [-0.2, -0.15) is 0 Å². The number of carbonyl (C=O) groups is 1. The summed E-state index contributed by atoms with van der Waals surface area (Å²) < 4.78 is 23.4. The predicted molar refractivity (Wildman–Crippen MR) is 330 cm³/mol. The topological polar surface area (TPSA) is 108 Å². The van der Waals surface area contributed by atoms with Gasteiger partial charge in [0.05, 0.1) is 39.9 Å². The largest absolute Gasteiger partial charge is 0.756 e. The monoisotopic (exact) mass is 1090 g/mol. The maximum atomic E-state index is 13.0. The Bertz CT molecular complexity index is 1330. The number of amides is 1. The van der Waals surface area contributed by atoms with Gasteiger partial charge in [-0.3, -0.25) is 9.36 Å². The Kier molecular flexibility index (Phi) is 57.4. The summed E-state index contributed by atoms with van der Waals surface area (Å²) in [5, 5.41) is 13.9. The quantitative estimate of drug-likeness (QED) is 0.0272. The van der Waals surface area contributed by atoms with Gasteiger partial charge in [0.25, 0.3) is 7.82 Å². The third-order valence-corrected chi connectivity index (χ3v) is 16.3. The van der Waals surface area contributed by atoms with Crippen molar-refractivity contribution in [1.82, 2.24) is 5.32 Å². The number of phosphoric acid groups is 1. The second kappa shape index (κ2) is 58.4. The Hall–Kier alpha value is -1.28. The lowest BCUT2D eigenvalue weighted by atomic mass is 10.0. The van der Waals surface area contributed by atoms with Crippen molar-refractivity contribution in [3.8, 4) is 0 Å². The number of allylic oxidation sites excluding steroid dienone is 5. The van der Waals surface area contributed by atoms with E-state index in [1.165, 1.54) is 276 Å². The normalized spacial score (nSPS) is 13.9. The SMILES string of the molecule is CCCCCCCCCC/C=C\CCCCCCCCCCCCCCCCCCCCCCCCCCCC(=O)NC(COP(=O)([O-])OCC[N+](C)(C)C)C(O)/C=C/CC/C=C/CCCCCCCCCCCCC. The highest BCUT2D eigenvalue weighted by atomic mass is 31.2. The van der Waals surface area contributed by atoms with Gasteiger partial charge in [0.15, 0.2) is 0 Å². The standard InChI is InChI=1S/C67H131N2O6P/c1-6-8-10-12-14-16-18-20-22-24-25-26-27-28-29-30-31-32-33-34-35-36-37-38-39-40-41-42-43-45-47-49-51-53-55-57-59-61-67(71)68-65(64-75-76(72,73)74-63-62-69(3,4)5)66(70)60-58-56-54-52-50-48-46-44-23-21-19-17-15-13-11-9-7-2/h24-25,50,52,58,60,65-66,70H,6-23,26-49,51,53-57,59,61-64H2,1-5H3,(H-,68,71,72,73)/b25-24-,52-50+,60-58+. The van der Waals surface area contributed by atoms with Crippen LogP contribution in [0, 0.1) is 0 Å². The number of rotatable bonds is 62. The van der Waals surface area contributed by atoms with Gasteiger partial charge in [-0.1, -0.05) is 307 Å². The van der Waals surface area contributed by atoms with Crippen molar-refractivity contribution in [2.45, 2.75) is 347 Å². The molecule has 0 aliphatic heterocycles. The van der Waals surface area contributed by atoms with Crippen molar-refractivity contribution in [1.29, 1.82) is 0 Å². The van der Waals surface area contributed by atoms with Crippen LogP contribution in [-0.4, -0.2) is 68.5 Å². The molecule has 76 heavy (non-hydrogen) atoms. The minimum atomic E-state index is -4.60. The molecule has 0 heterocycles. The second-order valence-electron chi connectivity index (χ2n) is 24.2. The molecule has 1 amide bonds. The van der Waals surface area contributed by atoms with Crippen LogP contribution >= 0.6 is 7.82 Å². The lowest BCUT2D eigenvalue weighted by molar-refractivity contribution is -0.870. The molecule has 0 fully saturated rings. The average Bonchev–Trinajstić information content (AvgIpc) is 3.38. The molecule has 0 radical (unpaired) electrons. The van der Waals surface area contributed by atoms with E-state index >= 15 is 0 Å². The molecule has 450 valence electrons. The first-order chi connectivity index (χ1) is 37.0. The maximum Gasteiger partial charge on any atom is 0.268 e. The number of carbonyl (C=O) groups excluding carboxylic acids is 1. The number of aliphatic hydroxyl groups is 1. The summed E-state index contributed by atoms with van der Waals surface area (Å²) in [7, 11) is 1.26. The van der Waals surface area contributed by atoms with Gasteiger partial charge in [-0.05, 0) is 57.8 Å². The van der Waals surface area contributed by atoms with Crippen LogP contribution in [0.4, 0.5) is 0 Å². The Labute approximate surface area is 474 Å². The van der Waals surface area contributed by atoms with Gasteiger partial charge in [-0.25, -0.2) is 0 Å². The fourth-order valence-electron chi connectivity index (χ4n) is 10.1. The molecule has 0 saturated heterocycles. The first-order valence-corrected chi connectivity index (χ1v) is 34.8. The van der Waals surface area contributed by atoms with Crippen molar-refractivity contribution in [2.24, 2.45) is 0 Å². The van der Waals surface area contributed by atoms with E-state index in [0.29, 0.717) is 17.4 Å². The molecule has 0 aromatic heterocycles. The number of nitrogens with one attached hydrogen (secondary N) is 1. The van der Waals surface area contributed by atoms with Crippen LogP contribution in [0.2, 0.25) is 0 Å². The molecule has 0 saturated carbocycles. The van der Waals surface area contributed by atoms with Crippen LogP contribution in [0.3, 0.4) is 0 Å². The number of aliphatic hydroxyl groups excluding tert-OH is 1. The Morgan fingerprint density at radius 2 is 0.737 bits per heavy atom. The Morgan fingerprint density at radius 1 is 0.447 bits per heavy atom. The van der Waals surface area contributed by atoms with Crippen LogP contribution in [0.5, 0.6) is 0 Å². The van der Waals surface area contributed by atoms with Gasteiger partial charge in [-0.15, -0.1) is 0 Å². The molecule has 8 nitrogen and oxygen atoms in total. The molecule has 0 bridgehead atoms. The minimum Gasteiger partial charge on any atom is -0.756 e. The first-order valence-electron chi connectivity index (χ1n) is 33.4. The van der Waals surface area contributed by atoms with Gasteiger partial charge in [0.2, 0.25) is 5.91 Å². The van der Waals surface area contributed by atoms with E-state index in [9.17, 15) is 19.4 Å². The highest BCUT2D eigenvalue weighted by molar-refractivity contribution is 7.45. The van der Waals surface area contributed by atoms with Crippen LogP contribution in [-0.2, 0) is 18.4 Å². The number of quaternary nitrogens is 1. The third-order valence-electron chi connectivity index (χ3n) is 15.3. The molecular weight excluding hydrogens is 960 g/mol. The number of hydrogen-bond donors (Lipinski definition) is 2. The molecule has 0 aromatic rings. The molecule has 9 heteroatoms. The highest BCUT2D eigenvalue weighted by Gasteiger charge is 2.23. The molecule has 0 aliphatic rings. The molecule has 3 unspecified atom stereocenters. The van der Waals surface area contributed by atoms with Crippen LogP contribution in [0.25, 0.3) is 0 Å². The molecular formula is C67H131N2O6P. The molecule has 3 atom stereocenters. The summed E-state index contributed by atoms with van der Waals surface area (Å²) in [5.74, 6) is -0.201. The lowest BCUT2D eigenvalue weighted by Crippen LogP contribution is -2.45. The zero-order valence-electron chi connectivity index (χ0n) is 51.5. The van der Waals surface area contributed by atoms with Crippen molar-refractivity contribution in [3.63, 3.8) is 0 Å². The summed E-state index contributed by atoms with van der Waals surface area (Å²) in [6.45, 7) is 4.67. The summed E-state index contributed by atoms with van der Waals surface area (Å²) in [6.07, 6.45) is 77.0. The molecule has 0 spiro atoms. The zero-order valence-corrected chi connectivity index (χ0v) is 52.4. The van der Waals surface area contributed by atoms with E-state index in [1.54, 1.807) is 6.08 Å². The minimum absolute atomic E-state index is 0.00442. The maximum absolute atomic E-state index is 13.0. The lowest BCUT2D eigenvalue weighted by Gasteiger charge is -2.29. The predicted octanol–water partition coefficient (Wildman–Crippen LogP) is 20.3. The van der Waals surface area contributed by atoms with E-state index in [2.05, 4.69) is 43.5 Å². The molecule has 0 aliphatic carbocycles. The van der Waals surface area contributed by atoms with E-state index < -0.39 is 20.0 Å². The molecule has 0 rings (SSSR count). The van der Waals surface area contributed by atoms with Gasteiger partial charge in [0.1, 0.15) is 13.2 Å². The number of phosphoric ester groups is 1. The van der Waals surface area contributed by atoms with Gasteiger partial charge < -0.3 is 28.8 Å². The van der Waals surface area contributed by atoms with Crippen molar-refractivity contribution < 1.29 is 32.9 Å².